The van der Waals surface area contributed by atoms with E-state index in [9.17, 15) is 10.1 Å². The van der Waals surface area contributed by atoms with E-state index in [1.807, 2.05) is 0 Å². The summed E-state index contributed by atoms with van der Waals surface area (Å²) < 4.78 is 0. The van der Waals surface area contributed by atoms with Crippen molar-refractivity contribution in [2.45, 2.75) is 0 Å². The van der Waals surface area contributed by atoms with Crippen molar-refractivity contribution in [2.24, 2.45) is 0 Å². The lowest BCUT2D eigenvalue weighted by Crippen LogP contribution is -2.10. The molecule has 0 aliphatic heterocycles. The van der Waals surface area contributed by atoms with Gasteiger partial charge in [0.25, 0.3) is 0 Å². The van der Waals surface area contributed by atoms with Gasteiger partial charge in [-0.25, -0.2) is 4.98 Å². The molecule has 0 aliphatic carbocycles. The van der Waals surface area contributed by atoms with Crippen LogP contribution in [0.15, 0.2) is 30.6 Å². The summed E-state index contributed by atoms with van der Waals surface area (Å²) in [6.45, 7) is 0. The zero-order valence-electron chi connectivity index (χ0n) is 9.70. The minimum atomic E-state index is -0.662. The molecule has 0 amide bonds. The molecular formula is C11H10N6O2. The molecular weight excluding hydrogens is 248 g/mol. The Hall–Kier alpha value is -3.03. The van der Waals surface area contributed by atoms with Crippen LogP contribution in [-0.4, -0.2) is 20.6 Å². The lowest BCUT2D eigenvalue weighted by atomic mass is 10.0. The first-order chi connectivity index (χ1) is 9.00. The first-order valence-electron chi connectivity index (χ1n) is 5.20. The Morgan fingerprint density at radius 3 is 2.47 bits per heavy atom. The summed E-state index contributed by atoms with van der Waals surface area (Å²) in [4.78, 5) is 17.7. The molecule has 0 aliphatic rings. The number of nitrogens with one attached hydrogen (secondary N) is 1. The molecule has 0 saturated heterocycles. The standard InChI is InChI=1S/C11H10N6O2/c12-9(6-1-3-15-4-2-6)7-5-8(17(18)19)11(14)16-10(7)13/h1-5,12H,(H4,13,14,16). The fraction of sp³-hybridized carbons (Fsp3) is 0. The molecule has 0 aromatic carbocycles. The monoisotopic (exact) mass is 258 g/mol. The van der Waals surface area contributed by atoms with E-state index < -0.39 is 4.92 Å². The quantitative estimate of drug-likeness (QED) is 0.424. The van der Waals surface area contributed by atoms with Crippen LogP contribution >= 0.6 is 0 Å². The molecule has 8 nitrogen and oxygen atoms in total. The van der Waals surface area contributed by atoms with Gasteiger partial charge in [0, 0.05) is 29.6 Å². The van der Waals surface area contributed by atoms with E-state index in [1.165, 1.54) is 12.4 Å². The van der Waals surface area contributed by atoms with Crippen LogP contribution < -0.4 is 11.5 Å². The first-order valence-corrected chi connectivity index (χ1v) is 5.20. The third-order valence-electron chi connectivity index (χ3n) is 2.50. The van der Waals surface area contributed by atoms with Crippen molar-refractivity contribution in [1.29, 1.82) is 5.41 Å². The molecule has 0 unspecified atom stereocenters. The molecule has 0 radical (unpaired) electrons. The van der Waals surface area contributed by atoms with Crippen molar-refractivity contribution in [3.63, 3.8) is 0 Å². The smallest absolute Gasteiger partial charge is 0.311 e. The highest BCUT2D eigenvalue weighted by atomic mass is 16.6. The second kappa shape index (κ2) is 4.69. The second-order valence-electron chi connectivity index (χ2n) is 3.69. The van der Waals surface area contributed by atoms with Crippen molar-refractivity contribution < 1.29 is 4.92 Å². The fourth-order valence-electron chi connectivity index (χ4n) is 1.55. The van der Waals surface area contributed by atoms with E-state index in [0.717, 1.165) is 6.07 Å². The van der Waals surface area contributed by atoms with Gasteiger partial charge in [-0.2, -0.15) is 0 Å². The van der Waals surface area contributed by atoms with Crippen LogP contribution in [0.2, 0.25) is 0 Å². The largest absolute Gasteiger partial charge is 0.383 e. The maximum atomic E-state index is 10.8. The molecule has 2 aromatic rings. The summed E-state index contributed by atoms with van der Waals surface area (Å²) >= 11 is 0. The third kappa shape index (κ3) is 2.32. The van der Waals surface area contributed by atoms with E-state index in [0.29, 0.717) is 5.56 Å². The fourth-order valence-corrected chi connectivity index (χ4v) is 1.55. The highest BCUT2D eigenvalue weighted by Gasteiger charge is 2.19. The summed E-state index contributed by atoms with van der Waals surface area (Å²) in [6.07, 6.45) is 3.03. The summed E-state index contributed by atoms with van der Waals surface area (Å²) in [5, 5.41) is 18.8. The minimum Gasteiger partial charge on any atom is -0.383 e. The van der Waals surface area contributed by atoms with Crippen molar-refractivity contribution >= 4 is 23.0 Å². The number of rotatable bonds is 3. The highest BCUT2D eigenvalue weighted by molar-refractivity contribution is 6.13. The number of hydrogen-bond acceptors (Lipinski definition) is 7. The maximum Gasteiger partial charge on any atom is 0.311 e. The molecule has 96 valence electrons. The molecule has 2 rings (SSSR count). The van der Waals surface area contributed by atoms with Gasteiger partial charge in [0.05, 0.1) is 10.6 Å². The first kappa shape index (κ1) is 12.4. The lowest BCUT2D eigenvalue weighted by Gasteiger charge is -2.07. The number of nitro groups is 1. The van der Waals surface area contributed by atoms with E-state index >= 15 is 0 Å². The number of nitrogens with zero attached hydrogens (tertiary/aromatic N) is 3. The molecule has 0 saturated carbocycles. The number of anilines is 2. The number of pyridine rings is 2. The van der Waals surface area contributed by atoms with E-state index in [4.69, 9.17) is 16.9 Å². The van der Waals surface area contributed by atoms with Gasteiger partial charge in [-0.1, -0.05) is 0 Å². The van der Waals surface area contributed by atoms with Crippen LogP contribution in [0.4, 0.5) is 17.3 Å². The molecule has 2 heterocycles. The highest BCUT2D eigenvalue weighted by Crippen LogP contribution is 2.25. The van der Waals surface area contributed by atoms with E-state index in [1.54, 1.807) is 12.1 Å². The topological polar surface area (TPSA) is 145 Å². The van der Waals surface area contributed by atoms with Gasteiger partial charge in [-0.3, -0.25) is 20.5 Å². The Kier molecular flexibility index (Phi) is 3.06. The normalized spacial score (nSPS) is 10.1. The van der Waals surface area contributed by atoms with Crippen LogP contribution in [0.5, 0.6) is 0 Å². The van der Waals surface area contributed by atoms with Gasteiger partial charge in [0.15, 0.2) is 0 Å². The summed E-state index contributed by atoms with van der Waals surface area (Å²) in [6, 6.07) is 4.36. The number of nitrogen functional groups attached to an aromatic ring is 2. The van der Waals surface area contributed by atoms with Gasteiger partial charge < -0.3 is 11.5 Å². The third-order valence-corrected chi connectivity index (χ3v) is 2.50. The summed E-state index contributed by atoms with van der Waals surface area (Å²) in [5.41, 5.74) is 11.4. The second-order valence-corrected chi connectivity index (χ2v) is 3.69. The SMILES string of the molecule is N=C(c1ccncc1)c1cc([N+](=O)[O-])c(N)nc1N. The average Bonchev–Trinajstić information content (AvgIpc) is 2.38. The van der Waals surface area contributed by atoms with E-state index in [-0.39, 0.29) is 28.6 Å². The molecule has 0 bridgehead atoms. The van der Waals surface area contributed by atoms with Crippen LogP contribution in [0.1, 0.15) is 11.1 Å². The van der Waals surface area contributed by atoms with Crippen molar-refractivity contribution in [2.75, 3.05) is 11.5 Å². The lowest BCUT2D eigenvalue weighted by molar-refractivity contribution is -0.384. The molecule has 0 atom stereocenters. The Labute approximate surface area is 107 Å². The van der Waals surface area contributed by atoms with Gasteiger partial charge in [-0.15, -0.1) is 0 Å². The van der Waals surface area contributed by atoms with Crippen molar-refractivity contribution in [3.8, 4) is 0 Å². The van der Waals surface area contributed by atoms with Crippen LogP contribution in [-0.2, 0) is 0 Å². The maximum absolute atomic E-state index is 10.8. The number of aromatic nitrogens is 2. The summed E-state index contributed by atoms with van der Waals surface area (Å²) in [7, 11) is 0. The molecule has 5 N–H and O–H groups in total. The van der Waals surface area contributed by atoms with Crippen molar-refractivity contribution in [3.05, 3.63) is 51.8 Å². The number of nitrogens with two attached hydrogens (primary N) is 2. The van der Waals surface area contributed by atoms with Gasteiger partial charge >= 0.3 is 5.69 Å². The van der Waals surface area contributed by atoms with E-state index in [2.05, 4.69) is 9.97 Å². The summed E-state index contributed by atoms with van der Waals surface area (Å²) in [5.74, 6) is -0.293. The minimum absolute atomic E-state index is 0.0232. The average molecular weight is 258 g/mol. The Morgan fingerprint density at radius 2 is 1.89 bits per heavy atom. The van der Waals surface area contributed by atoms with Crippen LogP contribution in [0.3, 0.4) is 0 Å². The van der Waals surface area contributed by atoms with Gasteiger partial charge in [-0.05, 0) is 12.1 Å². The van der Waals surface area contributed by atoms with Crippen LogP contribution in [0.25, 0.3) is 0 Å². The molecule has 0 spiro atoms. The Balaban J connectivity index is 2.54. The van der Waals surface area contributed by atoms with Crippen molar-refractivity contribution in [1.82, 2.24) is 9.97 Å². The zero-order chi connectivity index (χ0) is 14.0. The van der Waals surface area contributed by atoms with Gasteiger partial charge in [0.1, 0.15) is 5.82 Å². The van der Waals surface area contributed by atoms with Gasteiger partial charge in [0.2, 0.25) is 5.82 Å². The predicted octanol–water partition coefficient (Wildman–Crippen LogP) is 0.965. The molecule has 8 heteroatoms. The predicted molar refractivity (Wildman–Crippen MR) is 69.9 cm³/mol. The Morgan fingerprint density at radius 1 is 1.26 bits per heavy atom. The molecule has 0 fully saturated rings. The number of hydrogen-bond donors (Lipinski definition) is 3. The molecule has 2 aromatic heterocycles. The Bertz CT molecular complexity index is 656. The van der Waals surface area contributed by atoms with Crippen LogP contribution in [0, 0.1) is 15.5 Å². The zero-order valence-corrected chi connectivity index (χ0v) is 9.70. The molecule has 19 heavy (non-hydrogen) atoms.